The Morgan fingerprint density at radius 1 is 1.00 bits per heavy atom. The Kier molecular flexibility index (Phi) is 2.67. The van der Waals surface area contributed by atoms with Crippen LogP contribution in [0.25, 0.3) is 0 Å². The number of hydrazine groups is 5. The van der Waals surface area contributed by atoms with Gasteiger partial charge in [0.1, 0.15) is 0 Å². The molecule has 1 atom stereocenters. The fraction of sp³-hybridized carbons (Fsp3) is 0.111. The van der Waals surface area contributed by atoms with Crippen LogP contribution >= 0.6 is 0 Å². The van der Waals surface area contributed by atoms with E-state index in [-0.39, 0.29) is 6.04 Å². The highest BCUT2D eigenvalue weighted by Crippen LogP contribution is 2.22. The molecular weight excluding hydrogens is 192 g/mol. The Balaban J connectivity index is 2.28. The van der Waals surface area contributed by atoms with Crippen LogP contribution in [0.2, 0.25) is 0 Å². The van der Waals surface area contributed by atoms with Crippen LogP contribution in [0.5, 0.6) is 0 Å². The summed E-state index contributed by atoms with van der Waals surface area (Å²) in [5, 5.41) is 3.71. The summed E-state index contributed by atoms with van der Waals surface area (Å²) in [5.41, 5.74) is 1.06. The normalized spacial score (nSPS) is 23.4. The molecule has 0 spiro atoms. The van der Waals surface area contributed by atoms with Gasteiger partial charge in [0.05, 0.1) is 6.04 Å². The quantitative estimate of drug-likeness (QED) is 0.542. The predicted octanol–water partition coefficient (Wildman–Crippen LogP) is -0.388. The Morgan fingerprint density at radius 3 is 2.33 bits per heavy atom. The van der Waals surface area contributed by atoms with Gasteiger partial charge in [0.15, 0.2) is 0 Å². The van der Waals surface area contributed by atoms with Crippen molar-refractivity contribution in [2.75, 3.05) is 0 Å². The molecule has 1 aromatic carbocycles. The molecule has 15 heavy (non-hydrogen) atoms. The summed E-state index contributed by atoms with van der Waals surface area (Å²) in [6.45, 7) is 0. The van der Waals surface area contributed by atoms with Crippen molar-refractivity contribution in [3.8, 4) is 0 Å². The molecule has 1 unspecified atom stereocenters. The van der Waals surface area contributed by atoms with E-state index < -0.39 is 0 Å². The molecule has 0 aliphatic carbocycles. The topological polar surface area (TPSA) is 87.8 Å². The molecule has 0 fully saturated rings. The molecule has 2 rings (SSSR count). The van der Waals surface area contributed by atoms with Crippen LogP contribution in [0.1, 0.15) is 11.6 Å². The minimum absolute atomic E-state index is 0.101. The first-order valence-corrected chi connectivity index (χ1v) is 4.56. The predicted molar refractivity (Wildman–Crippen MR) is 56.4 cm³/mol. The van der Waals surface area contributed by atoms with Gasteiger partial charge < -0.3 is 0 Å². The van der Waals surface area contributed by atoms with Crippen molar-refractivity contribution >= 4 is 0 Å². The van der Waals surface area contributed by atoms with Gasteiger partial charge in [-0.25, -0.2) is 16.8 Å². The number of nitrogens with zero attached hydrogens (tertiary/aromatic N) is 3. The molecule has 0 saturated heterocycles. The summed E-state index contributed by atoms with van der Waals surface area (Å²) < 4.78 is 0. The van der Waals surface area contributed by atoms with Crippen molar-refractivity contribution in [3.05, 3.63) is 48.2 Å². The van der Waals surface area contributed by atoms with Gasteiger partial charge in [-0.2, -0.15) is 0 Å². The summed E-state index contributed by atoms with van der Waals surface area (Å²) >= 11 is 0. The van der Waals surface area contributed by atoms with Crippen LogP contribution < -0.4 is 17.5 Å². The van der Waals surface area contributed by atoms with Gasteiger partial charge in [-0.1, -0.05) is 35.6 Å². The van der Waals surface area contributed by atoms with Crippen molar-refractivity contribution in [1.82, 2.24) is 15.5 Å². The highest BCUT2D eigenvalue weighted by Gasteiger charge is 2.25. The van der Waals surface area contributed by atoms with Crippen molar-refractivity contribution in [2.24, 2.45) is 17.5 Å². The monoisotopic (exact) mass is 206 g/mol. The zero-order valence-electron chi connectivity index (χ0n) is 8.19. The first kappa shape index (κ1) is 10.1. The third-order valence-electron chi connectivity index (χ3n) is 2.32. The molecule has 0 amide bonds. The third kappa shape index (κ3) is 1.84. The highest BCUT2D eigenvalue weighted by molar-refractivity contribution is 5.23. The van der Waals surface area contributed by atoms with Crippen LogP contribution in [-0.2, 0) is 0 Å². The zero-order chi connectivity index (χ0) is 10.8. The number of nitrogens with two attached hydrogens (primary N) is 3. The summed E-state index contributed by atoms with van der Waals surface area (Å²) in [4.78, 5) is 0. The Hall–Kier alpha value is -1.44. The molecule has 6 N–H and O–H groups in total. The van der Waals surface area contributed by atoms with Crippen molar-refractivity contribution < 1.29 is 0 Å². The second-order valence-electron chi connectivity index (χ2n) is 3.28. The Morgan fingerprint density at radius 2 is 1.67 bits per heavy atom. The lowest BCUT2D eigenvalue weighted by molar-refractivity contribution is -0.194. The molecule has 0 saturated carbocycles. The van der Waals surface area contributed by atoms with Crippen molar-refractivity contribution in [3.63, 3.8) is 0 Å². The lowest BCUT2D eigenvalue weighted by atomic mass is 10.1. The van der Waals surface area contributed by atoms with E-state index in [1.807, 2.05) is 36.4 Å². The number of rotatable bonds is 1. The van der Waals surface area contributed by atoms with E-state index in [4.69, 9.17) is 17.5 Å². The molecule has 1 heterocycles. The van der Waals surface area contributed by atoms with E-state index in [9.17, 15) is 0 Å². The van der Waals surface area contributed by atoms with E-state index in [2.05, 4.69) is 0 Å². The second kappa shape index (κ2) is 3.97. The molecule has 1 aromatic rings. The Bertz CT molecular complexity index is 351. The van der Waals surface area contributed by atoms with Crippen LogP contribution in [-0.4, -0.2) is 15.5 Å². The standard InChI is InChI=1S/C9H14N6/c10-13-7-6-9(14(11)15(13)12)8-4-2-1-3-5-8/h1-7,9H,10-12H2. The molecule has 1 aliphatic heterocycles. The number of hydrogen-bond acceptors (Lipinski definition) is 6. The molecule has 80 valence electrons. The SMILES string of the molecule is NN1C=CC(c2ccccc2)N(N)N1N. The van der Waals surface area contributed by atoms with E-state index >= 15 is 0 Å². The number of benzene rings is 1. The van der Waals surface area contributed by atoms with Crippen molar-refractivity contribution in [2.45, 2.75) is 6.04 Å². The average Bonchev–Trinajstić information content (AvgIpc) is 2.27. The van der Waals surface area contributed by atoms with Gasteiger partial charge in [0.25, 0.3) is 0 Å². The van der Waals surface area contributed by atoms with Crippen LogP contribution in [0.3, 0.4) is 0 Å². The van der Waals surface area contributed by atoms with Crippen LogP contribution in [0, 0.1) is 0 Å². The molecule has 6 nitrogen and oxygen atoms in total. The van der Waals surface area contributed by atoms with Gasteiger partial charge >= 0.3 is 0 Å². The fourth-order valence-corrected chi connectivity index (χ4v) is 1.49. The third-order valence-corrected chi connectivity index (χ3v) is 2.32. The van der Waals surface area contributed by atoms with E-state index in [0.717, 1.165) is 10.8 Å². The van der Waals surface area contributed by atoms with Gasteiger partial charge in [-0.15, -0.1) is 5.12 Å². The smallest absolute Gasteiger partial charge is 0.0881 e. The average molecular weight is 206 g/mol. The maximum atomic E-state index is 5.81. The summed E-state index contributed by atoms with van der Waals surface area (Å²) in [7, 11) is 0. The van der Waals surface area contributed by atoms with Gasteiger partial charge in [0.2, 0.25) is 0 Å². The van der Waals surface area contributed by atoms with Gasteiger partial charge in [-0.05, 0) is 11.6 Å². The van der Waals surface area contributed by atoms with Gasteiger partial charge in [-0.3, -0.25) is 5.84 Å². The summed E-state index contributed by atoms with van der Waals surface area (Å²) in [6, 6.07) is 9.71. The minimum Gasteiger partial charge on any atom is -0.251 e. The van der Waals surface area contributed by atoms with Crippen LogP contribution in [0.15, 0.2) is 42.6 Å². The minimum atomic E-state index is -0.101. The zero-order valence-corrected chi connectivity index (χ0v) is 8.19. The molecule has 0 radical (unpaired) electrons. The van der Waals surface area contributed by atoms with E-state index in [1.165, 1.54) is 10.2 Å². The first-order chi connectivity index (χ1) is 7.20. The maximum Gasteiger partial charge on any atom is 0.0881 e. The lowest BCUT2D eigenvalue weighted by Crippen LogP contribution is -2.63. The maximum absolute atomic E-state index is 5.81. The Labute approximate surface area is 88.0 Å². The first-order valence-electron chi connectivity index (χ1n) is 4.56. The number of hydrogen-bond donors (Lipinski definition) is 3. The molecular formula is C9H14N6. The molecule has 0 bridgehead atoms. The second-order valence-corrected chi connectivity index (χ2v) is 3.28. The molecule has 1 aliphatic rings. The fourth-order valence-electron chi connectivity index (χ4n) is 1.49. The van der Waals surface area contributed by atoms with Crippen molar-refractivity contribution in [1.29, 1.82) is 0 Å². The van der Waals surface area contributed by atoms with E-state index in [1.54, 1.807) is 6.20 Å². The molecule has 6 heteroatoms. The summed E-state index contributed by atoms with van der Waals surface area (Å²) in [5.74, 6) is 17.0. The highest BCUT2D eigenvalue weighted by atomic mass is 16.1. The van der Waals surface area contributed by atoms with E-state index in [0.29, 0.717) is 0 Å². The lowest BCUT2D eigenvalue weighted by Gasteiger charge is -2.39. The van der Waals surface area contributed by atoms with Crippen LogP contribution in [0.4, 0.5) is 0 Å². The largest absolute Gasteiger partial charge is 0.251 e. The van der Waals surface area contributed by atoms with Gasteiger partial charge in [0, 0.05) is 6.20 Å². The molecule has 0 aromatic heterocycles. The summed E-state index contributed by atoms with van der Waals surface area (Å²) in [6.07, 6.45) is 3.54.